The van der Waals surface area contributed by atoms with E-state index in [0.717, 1.165) is 4.48 Å². The summed E-state index contributed by atoms with van der Waals surface area (Å²) in [4.78, 5) is 0. The van der Waals surface area contributed by atoms with Crippen molar-refractivity contribution in [2.45, 2.75) is 135 Å². The number of quaternary nitrogens is 1. The van der Waals surface area contributed by atoms with E-state index >= 15 is 0 Å². The van der Waals surface area contributed by atoms with Gasteiger partial charge in [0.2, 0.25) is 10.4 Å². The average molecular weight is 497 g/mol. The smallest absolute Gasteiger partial charge is 0.215 e. The van der Waals surface area contributed by atoms with Crippen LogP contribution in [0.4, 0.5) is 0 Å². The minimum absolute atomic E-state index is 1.12. The molecule has 0 atom stereocenters. The van der Waals surface area contributed by atoms with E-state index in [1.807, 2.05) is 0 Å². The van der Waals surface area contributed by atoms with Crippen LogP contribution < -0.4 is 5.73 Å². The lowest BCUT2D eigenvalue weighted by molar-refractivity contribution is -0.870. The van der Waals surface area contributed by atoms with E-state index in [9.17, 15) is 0 Å². The van der Waals surface area contributed by atoms with Gasteiger partial charge in [-0.15, -0.1) is 0 Å². The van der Waals surface area contributed by atoms with E-state index in [0.29, 0.717) is 0 Å². The highest BCUT2D eigenvalue weighted by atomic mass is 32.3. The molecule has 0 unspecified atom stereocenters. The third-order valence-corrected chi connectivity index (χ3v) is 5.68. The average Bonchev–Trinajstić information content (AvgIpc) is 2.72. The molecule has 6 nitrogen and oxygen atoms in total. The lowest BCUT2D eigenvalue weighted by atomic mass is 10.0. The highest BCUT2D eigenvalue weighted by Crippen LogP contribution is 2.14. The van der Waals surface area contributed by atoms with Crippen LogP contribution in [0.2, 0.25) is 0 Å². The topological polar surface area (TPSA) is 103 Å². The maximum Gasteiger partial charge on any atom is 0.215 e. The standard InChI is InChI=1S/C25H54N.CH5N.H2O4S/c1-5-6-7-8-9-10-11-12-13-14-15-16-17-18-19-20-21-22-23-24-25-26(2,3)4;1-2;1-5(2,3)4/h5-25H2,1-4H3;2H2,1H3;(H2,1,2,3,4)/q+1;;/p-1. The van der Waals surface area contributed by atoms with Gasteiger partial charge in [0, 0.05) is 0 Å². The predicted octanol–water partition coefficient (Wildman–Crippen LogP) is 7.09. The summed E-state index contributed by atoms with van der Waals surface area (Å²) < 4.78 is 34.0. The summed E-state index contributed by atoms with van der Waals surface area (Å²) in [6.45, 7) is 3.63. The molecule has 0 heterocycles. The number of nitrogens with two attached hydrogens (primary N) is 1. The van der Waals surface area contributed by atoms with E-state index in [-0.39, 0.29) is 0 Å². The highest BCUT2D eigenvalue weighted by molar-refractivity contribution is 7.79. The van der Waals surface area contributed by atoms with Crippen LogP contribution in [0.15, 0.2) is 0 Å². The van der Waals surface area contributed by atoms with Crippen LogP contribution in [0.25, 0.3) is 0 Å². The van der Waals surface area contributed by atoms with Gasteiger partial charge in [0.15, 0.2) is 0 Å². The molecule has 0 spiro atoms. The van der Waals surface area contributed by atoms with Crippen molar-refractivity contribution in [3.8, 4) is 0 Å². The van der Waals surface area contributed by atoms with Gasteiger partial charge in [-0.05, 0) is 19.9 Å². The molecule has 0 aliphatic rings. The molecule has 0 aromatic heterocycles. The third-order valence-electron chi connectivity index (χ3n) is 5.68. The fourth-order valence-corrected chi connectivity index (χ4v) is 3.84. The van der Waals surface area contributed by atoms with Gasteiger partial charge in [0.25, 0.3) is 0 Å². The van der Waals surface area contributed by atoms with Gasteiger partial charge < -0.3 is 14.8 Å². The first-order valence-electron chi connectivity index (χ1n) is 13.6. The minimum Gasteiger partial charge on any atom is -0.726 e. The van der Waals surface area contributed by atoms with Crippen LogP contribution in [0, 0.1) is 0 Å². The maximum absolute atomic E-state index is 8.63. The Labute approximate surface area is 208 Å². The summed E-state index contributed by atoms with van der Waals surface area (Å²) in [5.41, 5.74) is 4.50. The summed E-state index contributed by atoms with van der Waals surface area (Å²) >= 11 is 0. The Kier molecular flexibility index (Phi) is 31.7. The lowest BCUT2D eigenvalue weighted by Gasteiger charge is -2.23. The van der Waals surface area contributed by atoms with Crippen LogP contribution >= 0.6 is 0 Å². The monoisotopic (exact) mass is 496 g/mol. The molecule has 0 aliphatic carbocycles. The molecule has 33 heavy (non-hydrogen) atoms. The molecule has 0 aliphatic heterocycles. The Morgan fingerprint density at radius 2 is 0.758 bits per heavy atom. The van der Waals surface area contributed by atoms with E-state index in [1.165, 1.54) is 142 Å². The molecule has 0 fully saturated rings. The second-order valence-corrected chi connectivity index (χ2v) is 11.0. The fraction of sp³-hybridized carbons (Fsp3) is 1.00. The second kappa shape index (κ2) is 28.0. The Balaban J connectivity index is -0.00000112. The van der Waals surface area contributed by atoms with Crippen molar-refractivity contribution in [1.29, 1.82) is 0 Å². The summed E-state index contributed by atoms with van der Waals surface area (Å²) in [5.74, 6) is 0. The summed E-state index contributed by atoms with van der Waals surface area (Å²) in [7, 11) is 3.49. The molecule has 0 aromatic carbocycles. The molecule has 0 amide bonds. The van der Waals surface area contributed by atoms with Gasteiger partial charge in [0.05, 0.1) is 27.7 Å². The Morgan fingerprint density at radius 1 is 0.576 bits per heavy atom. The van der Waals surface area contributed by atoms with Crippen LogP contribution in [0.1, 0.15) is 135 Å². The number of hydrogen-bond acceptors (Lipinski definition) is 4. The van der Waals surface area contributed by atoms with Crippen LogP contribution in [0.3, 0.4) is 0 Å². The van der Waals surface area contributed by atoms with Crippen molar-refractivity contribution in [3.63, 3.8) is 0 Å². The summed E-state index contributed by atoms with van der Waals surface area (Å²) in [6.07, 6.45) is 29.3. The molecular formula is C26H60N2O4S. The molecule has 0 saturated heterocycles. The zero-order valence-corrected chi connectivity index (χ0v) is 23.8. The Hall–Kier alpha value is -0.210. The molecule has 204 valence electrons. The van der Waals surface area contributed by atoms with Gasteiger partial charge in [-0.2, -0.15) is 0 Å². The molecule has 0 saturated carbocycles. The molecule has 0 bridgehead atoms. The second-order valence-electron chi connectivity index (χ2n) is 10.2. The van der Waals surface area contributed by atoms with Crippen LogP contribution in [-0.4, -0.2) is 56.7 Å². The van der Waals surface area contributed by atoms with Crippen LogP contribution in [-0.2, 0) is 10.4 Å². The fourth-order valence-electron chi connectivity index (χ4n) is 3.84. The molecular weight excluding hydrogens is 436 g/mol. The summed E-state index contributed by atoms with van der Waals surface area (Å²) in [6, 6.07) is 0. The van der Waals surface area contributed by atoms with Gasteiger partial charge >= 0.3 is 0 Å². The van der Waals surface area contributed by atoms with Crippen molar-refractivity contribution < 1.29 is 22.0 Å². The first-order valence-corrected chi connectivity index (χ1v) is 15.0. The van der Waals surface area contributed by atoms with Crippen molar-refractivity contribution in [2.75, 3.05) is 34.7 Å². The Bertz CT molecular complexity index is 444. The number of rotatable bonds is 21. The molecule has 7 heteroatoms. The van der Waals surface area contributed by atoms with Crippen molar-refractivity contribution in [1.82, 2.24) is 0 Å². The van der Waals surface area contributed by atoms with Crippen molar-refractivity contribution >= 4 is 10.4 Å². The van der Waals surface area contributed by atoms with E-state index in [4.69, 9.17) is 17.5 Å². The van der Waals surface area contributed by atoms with E-state index in [1.54, 1.807) is 0 Å². The van der Waals surface area contributed by atoms with Crippen molar-refractivity contribution in [3.05, 3.63) is 0 Å². The molecule has 0 rings (SSSR count). The van der Waals surface area contributed by atoms with Crippen LogP contribution in [0.5, 0.6) is 0 Å². The predicted molar refractivity (Wildman–Crippen MR) is 143 cm³/mol. The number of nitrogens with zero attached hydrogens (tertiary/aromatic N) is 1. The number of hydrogen-bond donors (Lipinski definition) is 2. The van der Waals surface area contributed by atoms with Gasteiger partial charge in [-0.25, -0.2) is 8.42 Å². The molecule has 3 N–H and O–H groups in total. The minimum atomic E-state index is -4.92. The largest absolute Gasteiger partial charge is 0.726 e. The quantitative estimate of drug-likeness (QED) is 0.0763. The normalized spacial score (nSPS) is 11.4. The zero-order chi connectivity index (χ0) is 25.8. The lowest BCUT2D eigenvalue weighted by Crippen LogP contribution is -2.35. The maximum atomic E-state index is 8.63. The summed E-state index contributed by atoms with van der Waals surface area (Å²) in [5, 5.41) is 0. The third kappa shape index (κ3) is 54.3. The molecule has 0 aromatic rings. The first-order chi connectivity index (χ1) is 15.6. The first kappa shape index (κ1) is 37.3. The van der Waals surface area contributed by atoms with E-state index in [2.05, 4.69) is 33.8 Å². The number of unbranched alkanes of at least 4 members (excludes halogenated alkanes) is 19. The van der Waals surface area contributed by atoms with Gasteiger partial charge in [-0.3, -0.25) is 4.55 Å². The van der Waals surface area contributed by atoms with Gasteiger partial charge in [-0.1, -0.05) is 122 Å². The SMILES string of the molecule is CCCCCCCCCCCCCCCCCCCCCC[N+](C)(C)C.CN.O=S(=O)([O-])O. The highest BCUT2D eigenvalue weighted by Gasteiger charge is 2.04. The zero-order valence-electron chi connectivity index (χ0n) is 23.0. The Morgan fingerprint density at radius 3 is 0.939 bits per heavy atom. The van der Waals surface area contributed by atoms with Crippen molar-refractivity contribution in [2.24, 2.45) is 5.73 Å². The van der Waals surface area contributed by atoms with Gasteiger partial charge in [0.1, 0.15) is 0 Å². The van der Waals surface area contributed by atoms with E-state index < -0.39 is 10.4 Å². The molecule has 0 radical (unpaired) electrons.